The number of nitrogens with zero attached hydrogens (tertiary/aromatic N) is 1. The Labute approximate surface area is 56.2 Å². The predicted octanol–water partition coefficient (Wildman–Crippen LogP) is 0.195. The van der Waals surface area contributed by atoms with Crippen molar-refractivity contribution < 1.29 is 9.79 Å². The Hall–Kier alpha value is 0.240. The van der Waals surface area contributed by atoms with Crippen LogP contribution in [0.25, 0.3) is 0 Å². The first-order chi connectivity index (χ1) is 3.71. The van der Waals surface area contributed by atoms with Crippen LogP contribution in [0.1, 0.15) is 0 Å². The third kappa shape index (κ3) is 8.24. The third-order valence-corrected chi connectivity index (χ3v) is 3.17. The first kappa shape index (κ1) is 9.24. The van der Waals surface area contributed by atoms with Gasteiger partial charge in [-0.3, -0.25) is 0 Å². The van der Waals surface area contributed by atoms with Crippen LogP contribution < -0.4 is 0 Å². The van der Waals surface area contributed by atoms with Crippen LogP contribution in [-0.4, -0.2) is 34.5 Å². The van der Waals surface area contributed by atoms with E-state index in [0.717, 1.165) is 0 Å². The minimum absolute atomic E-state index is 1.42. The standard InChI is InChI=1S/C4H12NO2PS/c1-8(6,7)5-9(2,3)4/h6-7H,1-2H2,3-4H3. The van der Waals surface area contributed by atoms with Crippen LogP contribution in [0.15, 0.2) is 4.13 Å². The Morgan fingerprint density at radius 2 is 1.78 bits per heavy atom. The molecule has 0 aromatic rings. The van der Waals surface area contributed by atoms with E-state index in [0.29, 0.717) is 0 Å². The molecule has 0 heterocycles. The lowest BCUT2D eigenvalue weighted by Gasteiger charge is -2.05. The highest BCUT2D eigenvalue weighted by Crippen LogP contribution is 2.36. The average Bonchev–Trinajstić information content (AvgIpc) is 1.14. The van der Waals surface area contributed by atoms with Gasteiger partial charge >= 0.3 is 0 Å². The van der Waals surface area contributed by atoms with Crippen LogP contribution in [0.4, 0.5) is 0 Å². The average molecular weight is 169 g/mol. The maximum Gasteiger partial charge on any atom is 0.234 e. The summed E-state index contributed by atoms with van der Waals surface area (Å²) in [5.41, 5.74) is 0. The lowest BCUT2D eigenvalue weighted by Crippen LogP contribution is -1.89. The molecule has 56 valence electrons. The smallest absolute Gasteiger partial charge is 0.234 e. The Bertz CT molecular complexity index is 237. The van der Waals surface area contributed by atoms with E-state index in [2.05, 4.69) is 16.3 Å². The van der Waals surface area contributed by atoms with Crippen molar-refractivity contribution in [3.8, 4) is 0 Å². The fourth-order valence-electron chi connectivity index (χ4n) is 0.354. The molecule has 0 saturated heterocycles. The van der Waals surface area contributed by atoms with Gasteiger partial charge in [0.15, 0.2) is 0 Å². The fourth-order valence-corrected chi connectivity index (χ4v) is 3.19. The summed E-state index contributed by atoms with van der Waals surface area (Å²) in [6.07, 6.45) is 6.62. The van der Waals surface area contributed by atoms with E-state index < -0.39 is 16.9 Å². The Morgan fingerprint density at radius 1 is 1.44 bits per heavy atom. The van der Waals surface area contributed by atoms with E-state index in [1.807, 2.05) is 0 Å². The Kier molecular flexibility index (Phi) is 2.53. The highest BCUT2D eigenvalue weighted by Gasteiger charge is 1.98. The molecule has 0 aliphatic carbocycles. The first-order valence-corrected chi connectivity index (χ1v) is 6.61. The molecule has 0 radical (unpaired) electrons. The van der Waals surface area contributed by atoms with Crippen molar-refractivity contribution in [3.63, 3.8) is 0 Å². The van der Waals surface area contributed by atoms with Crippen molar-refractivity contribution in [2.45, 2.75) is 0 Å². The zero-order valence-electron chi connectivity index (χ0n) is 5.61. The van der Waals surface area contributed by atoms with Crippen molar-refractivity contribution in [3.05, 3.63) is 0 Å². The van der Waals surface area contributed by atoms with Crippen LogP contribution in [-0.2, 0) is 9.41 Å². The maximum absolute atomic E-state index is 8.72. The minimum Gasteiger partial charge on any atom is -0.337 e. The summed E-state index contributed by atoms with van der Waals surface area (Å²) in [4.78, 5) is 17.4. The Morgan fingerprint density at radius 3 is 1.78 bits per heavy atom. The summed E-state index contributed by atoms with van der Waals surface area (Å²) in [6, 6.07) is 0. The highest BCUT2D eigenvalue weighted by molar-refractivity contribution is 8.03. The van der Waals surface area contributed by atoms with Gasteiger partial charge in [0, 0.05) is 0 Å². The van der Waals surface area contributed by atoms with Crippen molar-refractivity contribution in [2.24, 2.45) is 4.13 Å². The van der Waals surface area contributed by atoms with Crippen molar-refractivity contribution in [2.75, 3.05) is 12.5 Å². The van der Waals surface area contributed by atoms with Crippen LogP contribution in [0, 0.1) is 0 Å². The van der Waals surface area contributed by atoms with E-state index in [1.165, 1.54) is 0 Å². The second kappa shape index (κ2) is 2.46. The third-order valence-electron chi connectivity index (χ3n) is 0.352. The molecule has 0 amide bonds. The first-order valence-electron chi connectivity index (χ1n) is 2.20. The summed E-state index contributed by atoms with van der Waals surface area (Å²) in [6.45, 7) is 0. The number of hydrogen-bond donors (Lipinski definition) is 2. The molecule has 0 aliphatic rings. The van der Waals surface area contributed by atoms with Gasteiger partial charge < -0.3 is 9.79 Å². The SMILES string of the molecule is C=P(O)(O)N=S(=C)(C)C. The van der Waals surface area contributed by atoms with Gasteiger partial charge in [0.1, 0.15) is 0 Å². The molecule has 0 saturated carbocycles. The number of rotatable bonds is 1. The van der Waals surface area contributed by atoms with Crippen LogP contribution in [0.3, 0.4) is 0 Å². The fraction of sp³-hybridized carbons (Fsp3) is 0.500. The minimum atomic E-state index is -3.19. The molecule has 0 bridgehead atoms. The summed E-state index contributed by atoms with van der Waals surface area (Å²) < 4.78 is 3.62. The van der Waals surface area contributed by atoms with E-state index in [9.17, 15) is 0 Å². The van der Waals surface area contributed by atoms with E-state index in [1.54, 1.807) is 12.5 Å². The summed E-state index contributed by atoms with van der Waals surface area (Å²) in [5, 5.41) is 0. The monoisotopic (exact) mass is 169 g/mol. The summed E-state index contributed by atoms with van der Waals surface area (Å²) >= 11 is 0. The van der Waals surface area contributed by atoms with Gasteiger partial charge in [0.25, 0.3) is 0 Å². The molecule has 0 fully saturated rings. The van der Waals surface area contributed by atoms with Gasteiger partial charge in [-0.15, -0.1) is 9.41 Å². The molecule has 2 N–H and O–H groups in total. The lowest BCUT2D eigenvalue weighted by molar-refractivity contribution is 0.480. The molecule has 5 heteroatoms. The lowest BCUT2D eigenvalue weighted by atomic mass is 11.9. The number of hydrogen-bond acceptors (Lipinski definition) is 3. The van der Waals surface area contributed by atoms with Crippen LogP contribution >= 0.6 is 7.49 Å². The summed E-state index contributed by atoms with van der Waals surface area (Å²) in [5.74, 6) is 3.64. The molecular weight excluding hydrogens is 157 g/mol. The molecule has 0 aliphatic heterocycles. The quantitative estimate of drug-likeness (QED) is 0.435. The largest absolute Gasteiger partial charge is 0.337 e. The second-order valence-electron chi connectivity index (χ2n) is 2.25. The van der Waals surface area contributed by atoms with E-state index >= 15 is 0 Å². The predicted molar refractivity (Wildman–Crippen MR) is 47.2 cm³/mol. The van der Waals surface area contributed by atoms with Gasteiger partial charge in [-0.2, -0.15) is 4.13 Å². The zero-order chi connectivity index (χ0) is 7.71. The normalized spacial score (nSPS) is 13.3. The second-order valence-corrected chi connectivity index (χ2v) is 7.25. The Balaban J connectivity index is 4.76. The molecule has 3 nitrogen and oxygen atoms in total. The van der Waals surface area contributed by atoms with Gasteiger partial charge in [-0.1, -0.05) is 5.87 Å². The maximum atomic E-state index is 8.72. The summed E-state index contributed by atoms with van der Waals surface area (Å²) in [7, 11) is -4.61. The van der Waals surface area contributed by atoms with Gasteiger partial charge in [0.05, 0.1) is 0 Å². The van der Waals surface area contributed by atoms with Crippen molar-refractivity contribution in [1.29, 1.82) is 0 Å². The van der Waals surface area contributed by atoms with Crippen LogP contribution in [0.5, 0.6) is 0 Å². The van der Waals surface area contributed by atoms with Gasteiger partial charge in [0.2, 0.25) is 7.49 Å². The van der Waals surface area contributed by atoms with Gasteiger partial charge in [-0.25, -0.2) is 0 Å². The highest BCUT2D eigenvalue weighted by atomic mass is 32.2. The molecule has 0 rings (SSSR count). The zero-order valence-corrected chi connectivity index (χ0v) is 7.32. The molecule has 0 atom stereocenters. The molecule has 0 aromatic carbocycles. The molecular formula is C4H12NO2PS. The van der Waals surface area contributed by atoms with Crippen LogP contribution in [0.2, 0.25) is 0 Å². The van der Waals surface area contributed by atoms with E-state index in [-0.39, 0.29) is 0 Å². The van der Waals surface area contributed by atoms with Crippen molar-refractivity contribution >= 4 is 29.1 Å². The van der Waals surface area contributed by atoms with Crippen molar-refractivity contribution in [1.82, 2.24) is 0 Å². The topological polar surface area (TPSA) is 52.8 Å². The molecule has 9 heavy (non-hydrogen) atoms. The van der Waals surface area contributed by atoms with Gasteiger partial charge in [-0.05, 0) is 18.8 Å². The molecule has 0 aromatic heterocycles. The molecule has 0 unspecified atom stereocenters. The van der Waals surface area contributed by atoms with E-state index in [4.69, 9.17) is 9.79 Å². The molecule has 0 spiro atoms.